The van der Waals surface area contributed by atoms with Gasteiger partial charge in [0, 0.05) is 16.5 Å². The van der Waals surface area contributed by atoms with Crippen molar-refractivity contribution in [3.05, 3.63) is 27.2 Å². The fourth-order valence-electron chi connectivity index (χ4n) is 1.12. The maximum Gasteiger partial charge on any atom is 0.271 e. The van der Waals surface area contributed by atoms with Gasteiger partial charge in [-0.1, -0.05) is 0 Å². The number of aromatic nitrogens is 2. The van der Waals surface area contributed by atoms with Gasteiger partial charge in [0.05, 0.1) is 6.54 Å². The Labute approximate surface area is 100 Å². The molecule has 0 saturated heterocycles. The molecule has 0 aliphatic rings. The molecule has 0 radical (unpaired) electrons. The van der Waals surface area contributed by atoms with Gasteiger partial charge in [0.25, 0.3) is 5.91 Å². The molecule has 0 aromatic carbocycles. The Morgan fingerprint density at radius 1 is 1.62 bits per heavy atom. The van der Waals surface area contributed by atoms with Crippen LogP contribution in [0.2, 0.25) is 0 Å². The number of carbonyl (C=O) groups is 1. The predicted octanol–water partition coefficient (Wildman–Crippen LogP) is 1.42. The van der Waals surface area contributed by atoms with Gasteiger partial charge in [-0.3, -0.25) is 4.79 Å². The lowest BCUT2D eigenvalue weighted by Crippen LogP contribution is -2.23. The van der Waals surface area contributed by atoms with Crippen LogP contribution in [0.15, 0.2) is 11.6 Å². The van der Waals surface area contributed by atoms with E-state index in [9.17, 15) is 4.79 Å². The second kappa shape index (κ2) is 4.58. The van der Waals surface area contributed by atoms with Gasteiger partial charge in [-0.25, -0.2) is 9.97 Å². The molecule has 7 heteroatoms. The molecule has 0 unspecified atom stereocenters. The van der Waals surface area contributed by atoms with E-state index < -0.39 is 0 Å². The third kappa shape index (κ3) is 2.56. The molecule has 2 heterocycles. The van der Waals surface area contributed by atoms with Crippen LogP contribution in [0.1, 0.15) is 20.4 Å². The summed E-state index contributed by atoms with van der Waals surface area (Å²) in [5, 5.41) is 5.66. The molecule has 0 spiro atoms. The Bertz CT molecular complexity index is 505. The topological polar surface area (TPSA) is 80.9 Å². The third-order valence-electron chi connectivity index (χ3n) is 1.82. The Balaban J connectivity index is 1.93. The number of hydrogen-bond donors (Lipinski definition) is 2. The highest BCUT2D eigenvalue weighted by molar-refractivity contribution is 7.13. The number of amides is 1. The molecule has 2 aromatic rings. The lowest BCUT2D eigenvalue weighted by atomic mass is 10.4. The smallest absolute Gasteiger partial charge is 0.271 e. The largest absolute Gasteiger partial charge is 0.375 e. The zero-order valence-electron chi connectivity index (χ0n) is 8.56. The number of nitrogens with two attached hydrogens (primary N) is 1. The van der Waals surface area contributed by atoms with Crippen molar-refractivity contribution in [1.82, 2.24) is 15.3 Å². The third-order valence-corrected chi connectivity index (χ3v) is 3.41. The molecule has 16 heavy (non-hydrogen) atoms. The molecule has 2 aromatic heterocycles. The maximum atomic E-state index is 11.6. The zero-order valence-corrected chi connectivity index (χ0v) is 10.2. The monoisotopic (exact) mass is 254 g/mol. The summed E-state index contributed by atoms with van der Waals surface area (Å²) < 4.78 is 0. The summed E-state index contributed by atoms with van der Waals surface area (Å²) in [5.74, 6) is -0.221. The minimum absolute atomic E-state index is 0.221. The molecule has 0 fully saturated rings. The Morgan fingerprint density at radius 2 is 2.44 bits per heavy atom. The second-order valence-corrected chi connectivity index (χ2v) is 5.33. The van der Waals surface area contributed by atoms with Crippen LogP contribution in [-0.4, -0.2) is 15.9 Å². The summed E-state index contributed by atoms with van der Waals surface area (Å²) in [6.07, 6.45) is 1.78. The van der Waals surface area contributed by atoms with Crippen LogP contribution in [-0.2, 0) is 6.54 Å². The van der Waals surface area contributed by atoms with Crippen LogP contribution >= 0.6 is 22.7 Å². The van der Waals surface area contributed by atoms with Gasteiger partial charge in [-0.2, -0.15) is 0 Å². The predicted molar refractivity (Wildman–Crippen MR) is 64.5 cm³/mol. The fourth-order valence-corrected chi connectivity index (χ4v) is 2.39. The van der Waals surface area contributed by atoms with E-state index >= 15 is 0 Å². The number of nitrogens with one attached hydrogen (secondary N) is 1. The van der Waals surface area contributed by atoms with Crippen molar-refractivity contribution in [3.8, 4) is 0 Å². The van der Waals surface area contributed by atoms with Crippen molar-refractivity contribution in [2.45, 2.75) is 13.5 Å². The summed E-state index contributed by atoms with van der Waals surface area (Å²) in [5.41, 5.74) is 5.80. The standard InChI is InChI=1S/C9H10N4OS2/c1-5-2-11-7(16-5)3-12-8(14)6-4-15-9(10)13-6/h2,4H,3H2,1H3,(H2,10,13)(H,12,14). The molecule has 0 aliphatic carbocycles. The molecule has 0 saturated carbocycles. The van der Waals surface area contributed by atoms with Crippen LogP contribution < -0.4 is 11.1 Å². The lowest BCUT2D eigenvalue weighted by Gasteiger charge is -1.99. The maximum absolute atomic E-state index is 11.6. The molecular formula is C9H10N4OS2. The van der Waals surface area contributed by atoms with Crippen molar-refractivity contribution >= 4 is 33.7 Å². The normalized spacial score (nSPS) is 10.3. The van der Waals surface area contributed by atoms with Gasteiger partial charge < -0.3 is 11.1 Å². The SMILES string of the molecule is Cc1cnc(CNC(=O)c2csc(N)n2)s1. The van der Waals surface area contributed by atoms with Gasteiger partial charge >= 0.3 is 0 Å². The summed E-state index contributed by atoms with van der Waals surface area (Å²) in [4.78, 5) is 20.8. The number of thiazole rings is 2. The Hall–Kier alpha value is -1.47. The highest BCUT2D eigenvalue weighted by atomic mass is 32.1. The van der Waals surface area contributed by atoms with Crippen molar-refractivity contribution < 1.29 is 4.79 Å². The highest BCUT2D eigenvalue weighted by Gasteiger charge is 2.09. The van der Waals surface area contributed by atoms with Crippen LogP contribution in [0, 0.1) is 6.92 Å². The summed E-state index contributed by atoms with van der Waals surface area (Å²) in [7, 11) is 0. The van der Waals surface area contributed by atoms with E-state index in [1.807, 2.05) is 6.92 Å². The average molecular weight is 254 g/mol. The number of nitrogens with zero attached hydrogens (tertiary/aromatic N) is 2. The molecule has 84 valence electrons. The van der Waals surface area contributed by atoms with Gasteiger partial charge in [0.15, 0.2) is 5.13 Å². The molecule has 3 N–H and O–H groups in total. The number of aryl methyl sites for hydroxylation is 1. The van der Waals surface area contributed by atoms with Crippen molar-refractivity contribution in [2.75, 3.05) is 5.73 Å². The van der Waals surface area contributed by atoms with E-state index in [2.05, 4.69) is 15.3 Å². The first-order valence-electron chi connectivity index (χ1n) is 4.55. The number of nitrogen functional groups attached to an aromatic ring is 1. The first-order valence-corrected chi connectivity index (χ1v) is 6.25. The van der Waals surface area contributed by atoms with Crippen LogP contribution in [0.3, 0.4) is 0 Å². The Kier molecular flexibility index (Phi) is 3.16. The summed E-state index contributed by atoms with van der Waals surface area (Å²) in [6, 6.07) is 0. The molecule has 0 atom stereocenters. The minimum Gasteiger partial charge on any atom is -0.375 e. The Morgan fingerprint density at radius 3 is 3.00 bits per heavy atom. The number of rotatable bonds is 3. The second-order valence-electron chi connectivity index (χ2n) is 3.12. The quantitative estimate of drug-likeness (QED) is 0.868. The fraction of sp³-hybridized carbons (Fsp3) is 0.222. The van der Waals surface area contributed by atoms with Gasteiger partial charge in [0.2, 0.25) is 0 Å². The number of carbonyl (C=O) groups excluding carboxylic acids is 1. The van der Waals surface area contributed by atoms with Crippen LogP contribution in [0.25, 0.3) is 0 Å². The first kappa shape index (κ1) is 11.0. The van der Waals surface area contributed by atoms with Crippen LogP contribution in [0.5, 0.6) is 0 Å². The molecule has 1 amide bonds. The summed E-state index contributed by atoms with van der Waals surface area (Å²) >= 11 is 2.81. The first-order chi connectivity index (χ1) is 7.65. The van der Waals surface area contributed by atoms with E-state index in [0.29, 0.717) is 17.4 Å². The average Bonchev–Trinajstić information content (AvgIpc) is 2.84. The van der Waals surface area contributed by atoms with Crippen LogP contribution in [0.4, 0.5) is 5.13 Å². The van der Waals surface area contributed by atoms with E-state index in [4.69, 9.17) is 5.73 Å². The van der Waals surface area contributed by atoms with Gasteiger partial charge in [0.1, 0.15) is 10.7 Å². The van der Waals surface area contributed by atoms with Crippen molar-refractivity contribution in [3.63, 3.8) is 0 Å². The molecule has 5 nitrogen and oxygen atoms in total. The molecular weight excluding hydrogens is 244 g/mol. The highest BCUT2D eigenvalue weighted by Crippen LogP contribution is 2.12. The van der Waals surface area contributed by atoms with Crippen molar-refractivity contribution in [1.29, 1.82) is 0 Å². The minimum atomic E-state index is -0.221. The number of hydrogen-bond acceptors (Lipinski definition) is 6. The zero-order chi connectivity index (χ0) is 11.5. The van der Waals surface area contributed by atoms with Crippen molar-refractivity contribution in [2.24, 2.45) is 0 Å². The molecule has 2 rings (SSSR count). The number of anilines is 1. The van der Waals surface area contributed by atoms with E-state index in [1.165, 1.54) is 11.3 Å². The van der Waals surface area contributed by atoms with Gasteiger partial charge in [-0.05, 0) is 6.92 Å². The molecule has 0 aliphatic heterocycles. The molecule has 0 bridgehead atoms. The summed E-state index contributed by atoms with van der Waals surface area (Å²) in [6.45, 7) is 2.40. The van der Waals surface area contributed by atoms with Gasteiger partial charge in [-0.15, -0.1) is 22.7 Å². The van der Waals surface area contributed by atoms with E-state index in [-0.39, 0.29) is 5.91 Å². The van der Waals surface area contributed by atoms with E-state index in [0.717, 1.165) is 9.88 Å². The lowest BCUT2D eigenvalue weighted by molar-refractivity contribution is 0.0946. The van der Waals surface area contributed by atoms with E-state index in [1.54, 1.807) is 22.9 Å².